The molecule has 0 amide bonds. The third kappa shape index (κ3) is 10.8. The summed E-state index contributed by atoms with van der Waals surface area (Å²) < 4.78 is 35.2. The van der Waals surface area contributed by atoms with Gasteiger partial charge in [-0.25, -0.2) is 8.42 Å². The number of hydrogen-bond acceptors (Lipinski definition) is 4. The lowest BCUT2D eigenvalue weighted by Crippen LogP contribution is -2.51. The zero-order valence-electron chi connectivity index (χ0n) is 19.0. The predicted octanol–water partition coefficient (Wildman–Crippen LogP) is 4.77. The second kappa shape index (κ2) is 14.8. The molecule has 0 aromatic rings. The van der Waals surface area contributed by atoms with Gasteiger partial charge in [-0.2, -0.15) is 4.72 Å². The van der Waals surface area contributed by atoms with Crippen molar-refractivity contribution in [1.29, 1.82) is 0 Å². The van der Waals surface area contributed by atoms with Crippen LogP contribution in [0.25, 0.3) is 0 Å². The Labute approximate surface area is 169 Å². The summed E-state index contributed by atoms with van der Waals surface area (Å²) in [4.78, 5) is 2.21. The molecule has 3 unspecified atom stereocenters. The van der Waals surface area contributed by atoms with Crippen molar-refractivity contribution >= 4 is 10.0 Å². The van der Waals surface area contributed by atoms with E-state index in [1.165, 1.54) is 0 Å². The molecular formula is C21H46N2O3S. The van der Waals surface area contributed by atoms with Crippen molar-refractivity contribution in [1.82, 2.24) is 9.62 Å². The van der Waals surface area contributed by atoms with Gasteiger partial charge in [0, 0.05) is 6.61 Å². The second-order valence-electron chi connectivity index (χ2n) is 7.94. The molecule has 5 nitrogen and oxygen atoms in total. The van der Waals surface area contributed by atoms with Crippen molar-refractivity contribution in [2.45, 2.75) is 111 Å². The van der Waals surface area contributed by atoms with Crippen LogP contribution in [0.4, 0.5) is 0 Å². The van der Waals surface area contributed by atoms with Crippen LogP contribution in [0.3, 0.4) is 0 Å². The summed E-state index contributed by atoms with van der Waals surface area (Å²) in [6.45, 7) is 17.0. The molecule has 0 aromatic carbocycles. The van der Waals surface area contributed by atoms with E-state index in [-0.39, 0.29) is 23.4 Å². The first-order valence-electron chi connectivity index (χ1n) is 11.1. The maximum atomic E-state index is 13.2. The lowest BCUT2D eigenvalue weighted by atomic mass is 10.0. The molecule has 0 fully saturated rings. The van der Waals surface area contributed by atoms with E-state index in [1.54, 1.807) is 0 Å². The van der Waals surface area contributed by atoms with Gasteiger partial charge in [-0.15, -0.1) is 0 Å². The molecule has 0 aromatic heterocycles. The Hall–Kier alpha value is -0.170. The number of ether oxygens (including phenoxy) is 1. The SMILES string of the molecule is CCCCOC(C)CCC(C(C)C)S(=O)(=O)NC(CCCC)N(CC)CC. The van der Waals surface area contributed by atoms with Gasteiger partial charge in [0.15, 0.2) is 0 Å². The number of nitrogens with zero attached hydrogens (tertiary/aromatic N) is 1. The first kappa shape index (κ1) is 26.8. The second-order valence-corrected chi connectivity index (χ2v) is 9.87. The van der Waals surface area contributed by atoms with E-state index in [9.17, 15) is 8.42 Å². The van der Waals surface area contributed by atoms with Crippen molar-refractivity contribution < 1.29 is 13.2 Å². The fourth-order valence-electron chi connectivity index (χ4n) is 3.41. The first-order chi connectivity index (χ1) is 12.7. The van der Waals surface area contributed by atoms with Crippen LogP contribution in [0, 0.1) is 5.92 Å². The lowest BCUT2D eigenvalue weighted by Gasteiger charge is -2.33. The van der Waals surface area contributed by atoms with E-state index < -0.39 is 10.0 Å². The Kier molecular flexibility index (Phi) is 14.7. The Morgan fingerprint density at radius 2 is 1.48 bits per heavy atom. The van der Waals surface area contributed by atoms with Crippen LogP contribution >= 0.6 is 0 Å². The van der Waals surface area contributed by atoms with Gasteiger partial charge in [-0.05, 0) is 51.6 Å². The molecular weight excluding hydrogens is 360 g/mol. The van der Waals surface area contributed by atoms with Crippen molar-refractivity contribution in [3.8, 4) is 0 Å². The van der Waals surface area contributed by atoms with Crippen LogP contribution < -0.4 is 4.72 Å². The van der Waals surface area contributed by atoms with E-state index in [4.69, 9.17) is 4.74 Å². The minimum Gasteiger partial charge on any atom is -0.379 e. The minimum atomic E-state index is -3.38. The van der Waals surface area contributed by atoms with Crippen molar-refractivity contribution in [3.63, 3.8) is 0 Å². The largest absolute Gasteiger partial charge is 0.379 e. The van der Waals surface area contributed by atoms with Gasteiger partial charge in [-0.3, -0.25) is 4.90 Å². The third-order valence-corrected chi connectivity index (χ3v) is 7.46. The van der Waals surface area contributed by atoms with E-state index in [0.717, 1.165) is 58.2 Å². The van der Waals surface area contributed by atoms with E-state index in [1.807, 2.05) is 20.8 Å². The zero-order valence-corrected chi connectivity index (χ0v) is 19.8. The molecule has 0 rings (SSSR count). The monoisotopic (exact) mass is 406 g/mol. The maximum Gasteiger partial charge on any atom is 0.216 e. The molecule has 0 aliphatic heterocycles. The number of hydrogen-bond donors (Lipinski definition) is 1. The van der Waals surface area contributed by atoms with Gasteiger partial charge >= 0.3 is 0 Å². The molecule has 164 valence electrons. The molecule has 0 aliphatic rings. The molecule has 0 heterocycles. The minimum absolute atomic E-state index is 0.0777. The molecule has 3 atom stereocenters. The molecule has 0 aliphatic carbocycles. The summed E-state index contributed by atoms with van der Waals surface area (Å²) >= 11 is 0. The Balaban J connectivity index is 5.02. The summed E-state index contributed by atoms with van der Waals surface area (Å²) in [7, 11) is -3.38. The highest BCUT2D eigenvalue weighted by Crippen LogP contribution is 2.21. The number of sulfonamides is 1. The van der Waals surface area contributed by atoms with Gasteiger partial charge in [0.1, 0.15) is 0 Å². The molecule has 0 saturated carbocycles. The molecule has 0 saturated heterocycles. The maximum absolute atomic E-state index is 13.2. The quantitative estimate of drug-likeness (QED) is 0.279. The highest BCUT2D eigenvalue weighted by Gasteiger charge is 2.32. The van der Waals surface area contributed by atoms with Crippen LogP contribution in [0.2, 0.25) is 0 Å². The van der Waals surface area contributed by atoms with E-state index in [2.05, 4.69) is 37.3 Å². The van der Waals surface area contributed by atoms with Crippen molar-refractivity contribution in [2.75, 3.05) is 19.7 Å². The van der Waals surface area contributed by atoms with Crippen molar-refractivity contribution in [2.24, 2.45) is 5.92 Å². The third-order valence-electron chi connectivity index (χ3n) is 5.28. The standard InChI is InChI=1S/C21H46N2O3S/c1-8-12-14-21(23(10-3)11-4)22-27(24,25)20(18(5)6)16-15-19(7)26-17-13-9-2/h18-22H,8-17H2,1-7H3. The highest BCUT2D eigenvalue weighted by molar-refractivity contribution is 7.90. The van der Waals surface area contributed by atoms with Gasteiger partial charge < -0.3 is 4.74 Å². The smallest absolute Gasteiger partial charge is 0.216 e. The first-order valence-corrected chi connectivity index (χ1v) is 12.6. The Morgan fingerprint density at radius 3 is 1.96 bits per heavy atom. The van der Waals surface area contributed by atoms with Crippen molar-refractivity contribution in [3.05, 3.63) is 0 Å². The Bertz CT molecular complexity index is 450. The lowest BCUT2D eigenvalue weighted by molar-refractivity contribution is 0.0562. The van der Waals surface area contributed by atoms with Crippen LogP contribution in [0.15, 0.2) is 0 Å². The number of nitrogens with one attached hydrogen (secondary N) is 1. The molecule has 0 radical (unpaired) electrons. The molecule has 0 bridgehead atoms. The van der Waals surface area contributed by atoms with Crippen LogP contribution in [0.5, 0.6) is 0 Å². The fraction of sp³-hybridized carbons (Fsp3) is 1.00. The van der Waals surface area contributed by atoms with Gasteiger partial charge in [0.25, 0.3) is 0 Å². The number of rotatable bonds is 17. The summed E-state index contributed by atoms with van der Waals surface area (Å²) in [6.07, 6.45) is 6.54. The average Bonchev–Trinajstić information content (AvgIpc) is 2.60. The van der Waals surface area contributed by atoms with Gasteiger partial charge in [0.05, 0.1) is 17.5 Å². The summed E-state index contributed by atoms with van der Waals surface area (Å²) in [5.41, 5.74) is 0. The average molecular weight is 407 g/mol. The van der Waals surface area contributed by atoms with E-state index >= 15 is 0 Å². The highest BCUT2D eigenvalue weighted by atomic mass is 32.2. The fourth-order valence-corrected chi connectivity index (χ4v) is 5.40. The molecule has 6 heteroatoms. The van der Waals surface area contributed by atoms with Crippen LogP contribution in [-0.4, -0.2) is 50.5 Å². The van der Waals surface area contributed by atoms with Crippen LogP contribution in [-0.2, 0) is 14.8 Å². The molecule has 27 heavy (non-hydrogen) atoms. The Morgan fingerprint density at radius 1 is 0.889 bits per heavy atom. The number of unbranched alkanes of at least 4 members (excludes halogenated alkanes) is 2. The summed E-state index contributed by atoms with van der Waals surface area (Å²) in [5, 5.41) is -0.380. The summed E-state index contributed by atoms with van der Waals surface area (Å²) in [6, 6.07) is 0. The van der Waals surface area contributed by atoms with Gasteiger partial charge in [0.2, 0.25) is 10.0 Å². The topological polar surface area (TPSA) is 58.6 Å². The zero-order chi connectivity index (χ0) is 20.9. The normalized spacial score (nSPS) is 16.0. The molecule has 0 spiro atoms. The summed E-state index contributed by atoms with van der Waals surface area (Å²) in [5.74, 6) is 0.0777. The van der Waals surface area contributed by atoms with Crippen LogP contribution in [0.1, 0.15) is 93.4 Å². The molecule has 1 N–H and O–H groups in total. The predicted molar refractivity (Wildman–Crippen MR) is 116 cm³/mol. The van der Waals surface area contributed by atoms with Gasteiger partial charge in [-0.1, -0.05) is 60.8 Å². The van der Waals surface area contributed by atoms with E-state index in [0.29, 0.717) is 6.42 Å².